The van der Waals surface area contributed by atoms with Crippen molar-refractivity contribution in [1.82, 2.24) is 4.98 Å². The van der Waals surface area contributed by atoms with Crippen LogP contribution >= 0.6 is 11.3 Å². The molecule has 1 aromatic heterocycles. The molecular formula is C23H24N2O5S. The van der Waals surface area contributed by atoms with E-state index in [0.717, 1.165) is 16.9 Å². The molecule has 0 fully saturated rings. The van der Waals surface area contributed by atoms with E-state index in [9.17, 15) is 9.59 Å². The zero-order valence-electron chi connectivity index (χ0n) is 17.8. The van der Waals surface area contributed by atoms with Gasteiger partial charge in [0.2, 0.25) is 0 Å². The summed E-state index contributed by atoms with van der Waals surface area (Å²) in [4.78, 5) is 29.3. The Morgan fingerprint density at radius 3 is 2.39 bits per heavy atom. The zero-order chi connectivity index (χ0) is 22.4. The number of para-hydroxylation sites is 1. The van der Waals surface area contributed by atoms with E-state index in [-0.39, 0.29) is 10.8 Å². The summed E-state index contributed by atoms with van der Waals surface area (Å²) in [5.41, 5.74) is 1.12. The third-order valence-electron chi connectivity index (χ3n) is 3.98. The molecule has 3 aromatic rings. The average molecular weight is 441 g/mol. The molecule has 7 nitrogen and oxygen atoms in total. The minimum absolute atomic E-state index is 0.0920. The minimum atomic E-state index is -0.659. The molecule has 0 saturated carbocycles. The second-order valence-corrected chi connectivity index (χ2v) is 8.58. The number of nitrogens with one attached hydrogen (secondary N) is 1. The summed E-state index contributed by atoms with van der Waals surface area (Å²) < 4.78 is 16.2. The van der Waals surface area contributed by atoms with Crippen molar-refractivity contribution in [2.45, 2.75) is 33.0 Å². The molecule has 0 bridgehead atoms. The van der Waals surface area contributed by atoms with Crippen LogP contribution in [-0.2, 0) is 16.1 Å². The number of esters is 1. The standard InChI is InChI=1S/C23H24N2O5S/c1-23(2,3)30-22(27)25-21-24-18(20(26)28-4)19(31-21)16-12-8-9-13-17(16)29-14-15-10-6-5-7-11-15/h5-13H,14H2,1-4H3,(H,24,25,27). The fraction of sp³-hybridized carbons (Fsp3) is 0.261. The number of thiazole rings is 1. The van der Waals surface area contributed by atoms with Gasteiger partial charge in [0.05, 0.1) is 12.0 Å². The molecule has 0 aliphatic heterocycles. The van der Waals surface area contributed by atoms with Crippen molar-refractivity contribution in [3.63, 3.8) is 0 Å². The molecule has 1 heterocycles. The number of hydrogen-bond acceptors (Lipinski definition) is 7. The Kier molecular flexibility index (Phi) is 6.91. The molecule has 2 aromatic carbocycles. The molecule has 0 aliphatic carbocycles. The number of aromatic nitrogens is 1. The zero-order valence-corrected chi connectivity index (χ0v) is 18.6. The first kappa shape index (κ1) is 22.3. The molecule has 1 N–H and O–H groups in total. The second kappa shape index (κ2) is 9.61. The molecule has 0 saturated heterocycles. The van der Waals surface area contributed by atoms with Crippen molar-refractivity contribution in [1.29, 1.82) is 0 Å². The summed E-state index contributed by atoms with van der Waals surface area (Å²) in [5.74, 6) is -0.0228. The fourth-order valence-corrected chi connectivity index (χ4v) is 3.67. The number of benzene rings is 2. The van der Waals surface area contributed by atoms with E-state index in [1.165, 1.54) is 7.11 Å². The number of ether oxygens (including phenoxy) is 3. The third-order valence-corrected chi connectivity index (χ3v) is 4.99. The van der Waals surface area contributed by atoms with Crippen LogP contribution in [0.4, 0.5) is 9.93 Å². The monoisotopic (exact) mass is 440 g/mol. The number of rotatable bonds is 6. The van der Waals surface area contributed by atoms with Crippen molar-refractivity contribution >= 4 is 28.5 Å². The van der Waals surface area contributed by atoms with Gasteiger partial charge in [0.1, 0.15) is 18.0 Å². The van der Waals surface area contributed by atoms with Crippen molar-refractivity contribution < 1.29 is 23.8 Å². The van der Waals surface area contributed by atoms with Gasteiger partial charge in [-0.05, 0) is 38.5 Å². The first-order valence-electron chi connectivity index (χ1n) is 9.62. The Balaban J connectivity index is 1.91. The van der Waals surface area contributed by atoms with Crippen molar-refractivity contribution in [2.24, 2.45) is 0 Å². The topological polar surface area (TPSA) is 86.8 Å². The predicted octanol–water partition coefficient (Wildman–Crippen LogP) is 5.52. The van der Waals surface area contributed by atoms with Crippen LogP contribution in [0.5, 0.6) is 5.75 Å². The number of hydrogen-bond donors (Lipinski definition) is 1. The van der Waals surface area contributed by atoms with Gasteiger partial charge in [0, 0.05) is 5.56 Å². The SMILES string of the molecule is COC(=O)c1nc(NC(=O)OC(C)(C)C)sc1-c1ccccc1OCc1ccccc1. The third kappa shape index (κ3) is 6.05. The minimum Gasteiger partial charge on any atom is -0.488 e. The summed E-state index contributed by atoms with van der Waals surface area (Å²) in [7, 11) is 1.28. The molecule has 0 unspecified atom stereocenters. The summed E-state index contributed by atoms with van der Waals surface area (Å²) in [5, 5.41) is 2.81. The van der Waals surface area contributed by atoms with E-state index < -0.39 is 17.7 Å². The lowest BCUT2D eigenvalue weighted by molar-refractivity contribution is 0.0591. The lowest BCUT2D eigenvalue weighted by atomic mass is 10.1. The Morgan fingerprint density at radius 2 is 1.71 bits per heavy atom. The molecule has 0 spiro atoms. The number of carbonyl (C=O) groups excluding carboxylic acids is 2. The van der Waals surface area contributed by atoms with Gasteiger partial charge in [0.15, 0.2) is 10.8 Å². The highest BCUT2D eigenvalue weighted by Crippen LogP contribution is 2.39. The van der Waals surface area contributed by atoms with E-state index >= 15 is 0 Å². The van der Waals surface area contributed by atoms with Crippen molar-refractivity contribution in [3.8, 4) is 16.2 Å². The van der Waals surface area contributed by atoms with Crippen LogP contribution in [0.25, 0.3) is 10.4 Å². The summed E-state index contributed by atoms with van der Waals surface area (Å²) >= 11 is 1.14. The van der Waals surface area contributed by atoms with Crippen LogP contribution in [0.15, 0.2) is 54.6 Å². The number of anilines is 1. The highest BCUT2D eigenvalue weighted by molar-refractivity contribution is 7.19. The van der Waals surface area contributed by atoms with E-state index in [2.05, 4.69) is 10.3 Å². The van der Waals surface area contributed by atoms with E-state index in [1.54, 1.807) is 20.8 Å². The van der Waals surface area contributed by atoms with Crippen molar-refractivity contribution in [3.05, 3.63) is 65.9 Å². The van der Waals surface area contributed by atoms with Crippen molar-refractivity contribution in [2.75, 3.05) is 12.4 Å². The van der Waals surface area contributed by atoms with Gasteiger partial charge in [-0.25, -0.2) is 14.6 Å². The Labute approximate surface area is 185 Å². The van der Waals surface area contributed by atoms with E-state index in [1.807, 2.05) is 54.6 Å². The van der Waals surface area contributed by atoms with Gasteiger partial charge in [-0.2, -0.15) is 0 Å². The lowest BCUT2D eigenvalue weighted by Crippen LogP contribution is -2.27. The molecule has 1 amide bonds. The van der Waals surface area contributed by atoms with Gasteiger partial charge >= 0.3 is 12.1 Å². The van der Waals surface area contributed by atoms with E-state index in [0.29, 0.717) is 22.8 Å². The van der Waals surface area contributed by atoms with Gasteiger partial charge in [0.25, 0.3) is 0 Å². The van der Waals surface area contributed by atoms with Crippen LogP contribution in [0.1, 0.15) is 36.8 Å². The number of amides is 1. The van der Waals surface area contributed by atoms with Gasteiger partial charge in [-0.1, -0.05) is 53.8 Å². The van der Waals surface area contributed by atoms with Crippen LogP contribution in [0.3, 0.4) is 0 Å². The maximum absolute atomic E-state index is 12.4. The van der Waals surface area contributed by atoms with Gasteiger partial charge in [-0.15, -0.1) is 0 Å². The van der Waals surface area contributed by atoms with Crippen LogP contribution < -0.4 is 10.1 Å². The first-order valence-corrected chi connectivity index (χ1v) is 10.4. The van der Waals surface area contributed by atoms with E-state index in [4.69, 9.17) is 14.2 Å². The molecular weight excluding hydrogens is 416 g/mol. The van der Waals surface area contributed by atoms with Crippen LogP contribution in [0.2, 0.25) is 0 Å². The highest BCUT2D eigenvalue weighted by Gasteiger charge is 2.24. The smallest absolute Gasteiger partial charge is 0.413 e. The number of methoxy groups -OCH3 is 1. The summed E-state index contributed by atoms with van der Waals surface area (Å²) in [6.07, 6.45) is -0.655. The highest BCUT2D eigenvalue weighted by atomic mass is 32.1. The molecule has 0 atom stereocenters. The molecule has 3 rings (SSSR count). The largest absolute Gasteiger partial charge is 0.488 e. The number of nitrogens with zero attached hydrogens (tertiary/aromatic N) is 1. The van der Waals surface area contributed by atoms with Crippen LogP contribution in [-0.4, -0.2) is 29.8 Å². The maximum Gasteiger partial charge on any atom is 0.413 e. The van der Waals surface area contributed by atoms with Gasteiger partial charge in [-0.3, -0.25) is 5.32 Å². The number of carbonyl (C=O) groups is 2. The Hall–Kier alpha value is -3.39. The summed E-state index contributed by atoms with van der Waals surface area (Å²) in [6, 6.07) is 17.1. The molecule has 162 valence electrons. The fourth-order valence-electron chi connectivity index (χ4n) is 2.70. The molecule has 31 heavy (non-hydrogen) atoms. The average Bonchev–Trinajstić information content (AvgIpc) is 3.14. The van der Waals surface area contributed by atoms with Gasteiger partial charge < -0.3 is 14.2 Å². The summed E-state index contributed by atoms with van der Waals surface area (Å²) in [6.45, 7) is 5.66. The second-order valence-electron chi connectivity index (χ2n) is 7.59. The maximum atomic E-state index is 12.4. The Bertz CT molecular complexity index is 1060. The van der Waals surface area contributed by atoms with Crippen LogP contribution in [0, 0.1) is 0 Å². The lowest BCUT2D eigenvalue weighted by Gasteiger charge is -2.18. The molecule has 0 radical (unpaired) electrons. The predicted molar refractivity (Wildman–Crippen MR) is 120 cm³/mol. The molecule has 0 aliphatic rings. The Morgan fingerprint density at radius 1 is 1.03 bits per heavy atom. The first-order chi connectivity index (χ1) is 14.8. The quantitative estimate of drug-likeness (QED) is 0.508. The molecule has 8 heteroatoms. The normalized spacial score (nSPS) is 11.0.